The summed E-state index contributed by atoms with van der Waals surface area (Å²) in [7, 11) is 0. The van der Waals surface area contributed by atoms with E-state index in [0.717, 1.165) is 23.1 Å². The third-order valence-electron chi connectivity index (χ3n) is 4.88. The molecule has 1 unspecified atom stereocenters. The van der Waals surface area contributed by atoms with Crippen LogP contribution in [-0.2, 0) is 10.9 Å². The number of aromatic carboxylic acids is 1. The van der Waals surface area contributed by atoms with Crippen molar-refractivity contribution in [3.8, 4) is 6.07 Å². The molecule has 32 heavy (non-hydrogen) atoms. The number of benzene rings is 2. The molecule has 1 fully saturated rings. The van der Waals surface area contributed by atoms with Crippen molar-refractivity contribution in [1.82, 2.24) is 0 Å². The average molecular weight is 451 g/mol. The van der Waals surface area contributed by atoms with Gasteiger partial charge >= 0.3 is 18.2 Å². The summed E-state index contributed by atoms with van der Waals surface area (Å²) < 4.78 is 59.6. The summed E-state index contributed by atoms with van der Waals surface area (Å²) in [5.41, 5.74) is -2.57. The smallest absolute Gasteiger partial charge is 0.417 e. The Hall–Kier alpha value is -3.65. The zero-order valence-corrected chi connectivity index (χ0v) is 16.4. The molecular weight excluding hydrogens is 434 g/mol. The van der Waals surface area contributed by atoms with Crippen molar-refractivity contribution < 1.29 is 37.0 Å². The molecule has 1 heterocycles. The number of hydrogen-bond donors (Lipinski definition) is 2. The van der Waals surface area contributed by atoms with E-state index in [1.165, 1.54) is 18.2 Å². The topological polar surface area (TPSA) is 103 Å². The summed E-state index contributed by atoms with van der Waals surface area (Å²) in [6.07, 6.45) is -3.80. The lowest BCUT2D eigenvalue weighted by atomic mass is 10.0. The standard InChI is InChI=1S/C21H17F4N3O4/c22-18-8-13(4-6-16(18)19(29)30)27-20(31)28(15-2-1-7-32-11-15)14-5-3-12(10-26)17(9-14)21(23,24)25/h3-6,8-9,15H,1-2,7,11H2,(H,27,31)(H,29,30). The first-order valence-electron chi connectivity index (χ1n) is 9.44. The van der Waals surface area contributed by atoms with Crippen LogP contribution in [0, 0.1) is 17.1 Å². The van der Waals surface area contributed by atoms with Crippen LogP contribution in [-0.4, -0.2) is 36.4 Å². The monoisotopic (exact) mass is 451 g/mol. The predicted molar refractivity (Wildman–Crippen MR) is 105 cm³/mol. The fourth-order valence-electron chi connectivity index (χ4n) is 3.39. The Morgan fingerprint density at radius 1 is 1.22 bits per heavy atom. The zero-order chi connectivity index (χ0) is 23.5. The van der Waals surface area contributed by atoms with Gasteiger partial charge in [0.15, 0.2) is 0 Å². The Morgan fingerprint density at radius 2 is 1.97 bits per heavy atom. The molecule has 1 saturated heterocycles. The van der Waals surface area contributed by atoms with Crippen LogP contribution in [0.25, 0.3) is 0 Å². The van der Waals surface area contributed by atoms with E-state index in [2.05, 4.69) is 5.32 Å². The molecule has 0 aromatic heterocycles. The number of rotatable bonds is 4. The van der Waals surface area contributed by atoms with E-state index in [1.807, 2.05) is 0 Å². The van der Waals surface area contributed by atoms with Crippen LogP contribution in [0.2, 0.25) is 0 Å². The average Bonchev–Trinajstić information content (AvgIpc) is 2.74. The molecule has 0 bridgehead atoms. The van der Waals surface area contributed by atoms with E-state index < -0.39 is 46.7 Å². The third-order valence-corrected chi connectivity index (χ3v) is 4.88. The highest BCUT2D eigenvalue weighted by Crippen LogP contribution is 2.35. The lowest BCUT2D eigenvalue weighted by molar-refractivity contribution is -0.137. The molecule has 0 radical (unpaired) electrons. The Bertz CT molecular complexity index is 1080. The van der Waals surface area contributed by atoms with Crippen molar-refractivity contribution in [2.45, 2.75) is 25.1 Å². The van der Waals surface area contributed by atoms with Crippen molar-refractivity contribution in [3.05, 3.63) is 58.9 Å². The van der Waals surface area contributed by atoms with Gasteiger partial charge in [0, 0.05) is 18.0 Å². The fourth-order valence-corrected chi connectivity index (χ4v) is 3.39. The maximum atomic E-state index is 14.0. The predicted octanol–water partition coefficient (Wildman–Crippen LogP) is 4.63. The highest BCUT2D eigenvalue weighted by atomic mass is 19.4. The van der Waals surface area contributed by atoms with Crippen molar-refractivity contribution in [3.63, 3.8) is 0 Å². The number of anilines is 2. The molecule has 2 aromatic rings. The van der Waals surface area contributed by atoms with Crippen LogP contribution in [0.4, 0.5) is 33.7 Å². The first kappa shape index (κ1) is 23.0. The second kappa shape index (κ2) is 9.23. The molecule has 0 saturated carbocycles. The summed E-state index contributed by atoms with van der Waals surface area (Å²) >= 11 is 0. The normalized spacial score (nSPS) is 16.2. The van der Waals surface area contributed by atoms with Gasteiger partial charge in [0.1, 0.15) is 5.82 Å². The Kier molecular flexibility index (Phi) is 6.64. The molecule has 2 aromatic carbocycles. The highest BCUT2D eigenvalue weighted by Gasteiger charge is 2.36. The number of carboxylic acid groups (broad SMARTS) is 1. The molecule has 2 amide bonds. The van der Waals surface area contributed by atoms with E-state index in [-0.39, 0.29) is 18.0 Å². The molecule has 1 aliphatic heterocycles. The number of nitriles is 1. The van der Waals surface area contributed by atoms with Gasteiger partial charge in [0.2, 0.25) is 0 Å². The molecular formula is C21H17F4N3O4. The first-order valence-corrected chi connectivity index (χ1v) is 9.44. The van der Waals surface area contributed by atoms with Gasteiger partial charge in [-0.25, -0.2) is 14.0 Å². The van der Waals surface area contributed by atoms with Crippen LogP contribution in [0.1, 0.15) is 34.3 Å². The van der Waals surface area contributed by atoms with Crippen LogP contribution < -0.4 is 10.2 Å². The Balaban J connectivity index is 1.98. The van der Waals surface area contributed by atoms with Gasteiger partial charge in [-0.3, -0.25) is 4.90 Å². The highest BCUT2D eigenvalue weighted by molar-refractivity contribution is 6.02. The summed E-state index contributed by atoms with van der Waals surface area (Å²) in [6.45, 7) is 0.510. The lowest BCUT2D eigenvalue weighted by Crippen LogP contribution is -2.47. The molecule has 1 aliphatic rings. The second-order valence-electron chi connectivity index (χ2n) is 7.01. The fraction of sp³-hybridized carbons (Fsp3) is 0.286. The number of ether oxygens (including phenoxy) is 1. The number of hydrogen-bond acceptors (Lipinski definition) is 4. The summed E-state index contributed by atoms with van der Waals surface area (Å²) in [5.74, 6) is -2.57. The largest absolute Gasteiger partial charge is 0.478 e. The first-order chi connectivity index (χ1) is 15.1. The second-order valence-corrected chi connectivity index (χ2v) is 7.01. The van der Waals surface area contributed by atoms with Gasteiger partial charge in [-0.2, -0.15) is 18.4 Å². The van der Waals surface area contributed by atoms with Gasteiger partial charge in [-0.15, -0.1) is 0 Å². The number of carboxylic acids is 1. The van der Waals surface area contributed by atoms with E-state index in [9.17, 15) is 27.2 Å². The minimum atomic E-state index is -4.82. The molecule has 168 valence electrons. The quantitative estimate of drug-likeness (QED) is 0.660. The molecule has 11 heteroatoms. The number of carbonyl (C=O) groups is 2. The molecule has 1 atom stereocenters. The number of nitrogens with zero attached hydrogens (tertiary/aromatic N) is 2. The number of carbonyl (C=O) groups excluding carboxylic acids is 1. The van der Waals surface area contributed by atoms with Crippen LogP contribution in [0.15, 0.2) is 36.4 Å². The van der Waals surface area contributed by atoms with Crippen LogP contribution in [0.5, 0.6) is 0 Å². The molecule has 2 N–H and O–H groups in total. The lowest BCUT2D eigenvalue weighted by Gasteiger charge is -2.34. The van der Waals surface area contributed by atoms with Gasteiger partial charge in [0.05, 0.1) is 35.4 Å². The SMILES string of the molecule is N#Cc1ccc(N(C(=O)Nc2ccc(C(=O)O)c(F)c2)C2CCCOC2)cc1C(F)(F)F. The Morgan fingerprint density at radius 3 is 2.53 bits per heavy atom. The van der Waals surface area contributed by atoms with E-state index in [4.69, 9.17) is 15.1 Å². The molecule has 3 rings (SSSR count). The molecule has 7 nitrogen and oxygen atoms in total. The maximum absolute atomic E-state index is 14.0. The van der Waals surface area contributed by atoms with Gasteiger partial charge in [-0.05, 0) is 49.2 Å². The van der Waals surface area contributed by atoms with E-state index in [0.29, 0.717) is 25.5 Å². The third kappa shape index (κ3) is 4.97. The maximum Gasteiger partial charge on any atom is 0.417 e. The minimum absolute atomic E-state index is 0.0705. The van der Waals surface area contributed by atoms with Crippen LogP contribution >= 0.6 is 0 Å². The van der Waals surface area contributed by atoms with E-state index in [1.54, 1.807) is 0 Å². The number of urea groups is 1. The summed E-state index contributed by atoms with van der Waals surface area (Å²) in [5, 5.41) is 20.3. The van der Waals surface area contributed by atoms with Crippen molar-refractivity contribution in [1.29, 1.82) is 5.26 Å². The molecule has 0 spiro atoms. The van der Waals surface area contributed by atoms with Gasteiger partial charge < -0.3 is 15.2 Å². The van der Waals surface area contributed by atoms with Crippen molar-refractivity contribution >= 4 is 23.4 Å². The Labute approximate surface area is 179 Å². The summed E-state index contributed by atoms with van der Waals surface area (Å²) in [4.78, 5) is 25.1. The van der Waals surface area contributed by atoms with Gasteiger partial charge in [0.25, 0.3) is 0 Å². The molecule has 0 aliphatic carbocycles. The van der Waals surface area contributed by atoms with Crippen molar-refractivity contribution in [2.24, 2.45) is 0 Å². The minimum Gasteiger partial charge on any atom is -0.478 e. The van der Waals surface area contributed by atoms with E-state index >= 15 is 0 Å². The van der Waals surface area contributed by atoms with Gasteiger partial charge in [-0.1, -0.05) is 0 Å². The number of alkyl halides is 3. The number of amides is 2. The van der Waals surface area contributed by atoms with Crippen molar-refractivity contribution in [2.75, 3.05) is 23.4 Å². The summed E-state index contributed by atoms with van der Waals surface area (Å²) in [6, 6.07) is 5.85. The number of halogens is 4. The number of nitrogens with one attached hydrogen (secondary N) is 1. The van der Waals surface area contributed by atoms with Crippen LogP contribution in [0.3, 0.4) is 0 Å². The zero-order valence-electron chi connectivity index (χ0n) is 16.4.